The molecule has 2 aliphatic heterocycles. The van der Waals surface area contributed by atoms with Gasteiger partial charge >= 0.3 is 6.09 Å². The monoisotopic (exact) mass is 420 g/mol. The standard InChI is InChI=1S/C21H20N6O4/c1-11(29)22-9-19-18-7-14-6-12(3-5-17(14)27(18)21(30)31-19)13-2-4-15(23-8-13)20-16(10-28)24-26-25-20/h2-6,8,18-19,28H,7,9-10H2,1H3,(H,22,29)(H,24,25,26)/t18-,19-/m0/s1. The Bertz CT molecular complexity index is 1160. The van der Waals surface area contributed by atoms with Crippen molar-refractivity contribution < 1.29 is 19.4 Å². The first-order valence-corrected chi connectivity index (χ1v) is 9.89. The maximum atomic E-state index is 12.4. The van der Waals surface area contributed by atoms with Crippen LogP contribution in [0.4, 0.5) is 10.5 Å². The molecular formula is C21H20N6O4. The smallest absolute Gasteiger partial charge is 0.415 e. The Morgan fingerprint density at radius 1 is 1.29 bits per heavy atom. The fraction of sp³-hybridized carbons (Fsp3) is 0.286. The summed E-state index contributed by atoms with van der Waals surface area (Å²) in [5.74, 6) is -0.153. The molecule has 5 rings (SSSR count). The van der Waals surface area contributed by atoms with Gasteiger partial charge in [0.25, 0.3) is 0 Å². The first-order chi connectivity index (χ1) is 15.0. The van der Waals surface area contributed by atoms with Crippen LogP contribution in [0.5, 0.6) is 0 Å². The number of carbonyl (C=O) groups excluding carboxylic acids is 2. The summed E-state index contributed by atoms with van der Waals surface area (Å²) in [6, 6.07) is 9.56. The number of aliphatic hydroxyl groups excluding tert-OH is 1. The molecule has 0 radical (unpaired) electrons. The number of hydrogen-bond donors (Lipinski definition) is 3. The van der Waals surface area contributed by atoms with E-state index in [1.165, 1.54) is 6.92 Å². The zero-order chi connectivity index (χ0) is 21.5. The second-order valence-corrected chi connectivity index (χ2v) is 7.55. The number of benzene rings is 1. The highest BCUT2D eigenvalue weighted by Gasteiger charge is 2.47. The first-order valence-electron chi connectivity index (χ1n) is 9.89. The number of aromatic nitrogens is 4. The number of pyridine rings is 1. The number of ether oxygens (including phenoxy) is 1. The summed E-state index contributed by atoms with van der Waals surface area (Å²) in [4.78, 5) is 29.8. The topological polar surface area (TPSA) is 133 Å². The van der Waals surface area contributed by atoms with Crippen LogP contribution in [0.15, 0.2) is 36.5 Å². The minimum Gasteiger partial charge on any atom is -0.442 e. The zero-order valence-corrected chi connectivity index (χ0v) is 16.7. The van der Waals surface area contributed by atoms with Crippen LogP contribution >= 0.6 is 0 Å². The Morgan fingerprint density at radius 3 is 2.87 bits per heavy atom. The van der Waals surface area contributed by atoms with E-state index >= 15 is 0 Å². The minimum atomic E-state index is -0.384. The van der Waals surface area contributed by atoms with Gasteiger partial charge in [0.1, 0.15) is 17.5 Å². The molecule has 1 fully saturated rings. The molecule has 158 valence electrons. The number of cyclic esters (lactones) is 1. The molecule has 3 N–H and O–H groups in total. The van der Waals surface area contributed by atoms with E-state index in [0.717, 1.165) is 22.4 Å². The van der Waals surface area contributed by atoms with Crippen LogP contribution in [0.3, 0.4) is 0 Å². The lowest BCUT2D eigenvalue weighted by atomic mass is 10.0. The van der Waals surface area contributed by atoms with E-state index in [9.17, 15) is 14.7 Å². The second kappa shape index (κ2) is 7.47. The molecule has 4 heterocycles. The maximum Gasteiger partial charge on any atom is 0.415 e. The van der Waals surface area contributed by atoms with Gasteiger partial charge in [0, 0.05) is 18.7 Å². The van der Waals surface area contributed by atoms with E-state index in [4.69, 9.17) is 4.74 Å². The Hall–Kier alpha value is -3.79. The number of rotatable bonds is 5. The largest absolute Gasteiger partial charge is 0.442 e. The molecule has 3 aromatic rings. The van der Waals surface area contributed by atoms with Gasteiger partial charge in [0.05, 0.1) is 30.6 Å². The lowest BCUT2D eigenvalue weighted by molar-refractivity contribution is -0.119. The van der Waals surface area contributed by atoms with Crippen LogP contribution < -0.4 is 10.2 Å². The minimum absolute atomic E-state index is 0.130. The van der Waals surface area contributed by atoms with Crippen molar-refractivity contribution in [1.29, 1.82) is 0 Å². The van der Waals surface area contributed by atoms with Gasteiger partial charge in [-0.25, -0.2) is 4.79 Å². The van der Waals surface area contributed by atoms with Gasteiger partial charge in [-0.05, 0) is 35.7 Å². The summed E-state index contributed by atoms with van der Waals surface area (Å²) in [5.41, 5.74) is 5.37. The van der Waals surface area contributed by atoms with Crippen molar-refractivity contribution in [3.63, 3.8) is 0 Å². The number of H-pyrrole nitrogens is 1. The molecule has 2 atom stereocenters. The van der Waals surface area contributed by atoms with Crippen molar-refractivity contribution in [2.75, 3.05) is 11.4 Å². The fourth-order valence-corrected chi connectivity index (χ4v) is 4.15. The predicted molar refractivity (Wildman–Crippen MR) is 110 cm³/mol. The summed E-state index contributed by atoms with van der Waals surface area (Å²) < 4.78 is 5.45. The van der Waals surface area contributed by atoms with Gasteiger partial charge in [-0.1, -0.05) is 12.1 Å². The Balaban J connectivity index is 1.39. The Kier molecular flexibility index (Phi) is 4.63. The molecule has 0 saturated carbocycles. The molecule has 31 heavy (non-hydrogen) atoms. The van der Waals surface area contributed by atoms with Crippen molar-refractivity contribution >= 4 is 17.7 Å². The van der Waals surface area contributed by atoms with Crippen molar-refractivity contribution in [3.05, 3.63) is 47.8 Å². The van der Waals surface area contributed by atoms with E-state index in [0.29, 0.717) is 30.0 Å². The summed E-state index contributed by atoms with van der Waals surface area (Å²) in [5, 5.41) is 22.5. The van der Waals surface area contributed by atoms with Gasteiger partial charge in [0.2, 0.25) is 5.91 Å². The van der Waals surface area contributed by atoms with Crippen LogP contribution in [0.1, 0.15) is 18.2 Å². The van der Waals surface area contributed by atoms with Crippen LogP contribution in [-0.2, 0) is 22.6 Å². The van der Waals surface area contributed by atoms with Crippen molar-refractivity contribution in [1.82, 2.24) is 25.7 Å². The number of aliphatic hydroxyl groups is 1. The van der Waals surface area contributed by atoms with Crippen molar-refractivity contribution in [2.24, 2.45) is 0 Å². The summed E-state index contributed by atoms with van der Waals surface area (Å²) in [6.07, 6.45) is 1.64. The molecule has 2 aliphatic rings. The summed E-state index contributed by atoms with van der Waals surface area (Å²) in [7, 11) is 0. The van der Waals surface area contributed by atoms with Gasteiger partial charge < -0.3 is 15.2 Å². The third-order valence-electron chi connectivity index (χ3n) is 5.64. The summed E-state index contributed by atoms with van der Waals surface area (Å²) >= 11 is 0. The molecule has 2 amide bonds. The third-order valence-corrected chi connectivity index (χ3v) is 5.64. The predicted octanol–water partition coefficient (Wildman–Crippen LogP) is 1.41. The maximum absolute atomic E-state index is 12.4. The number of aromatic amines is 1. The van der Waals surface area contributed by atoms with Gasteiger partial charge in [-0.2, -0.15) is 15.4 Å². The number of anilines is 1. The highest BCUT2D eigenvalue weighted by atomic mass is 16.6. The number of fused-ring (bicyclic) bond motifs is 3. The van der Waals surface area contributed by atoms with E-state index in [1.807, 2.05) is 24.3 Å². The van der Waals surface area contributed by atoms with Crippen molar-refractivity contribution in [2.45, 2.75) is 32.1 Å². The SMILES string of the molecule is CC(=O)NC[C@@H]1OC(=O)N2c3ccc(-c4ccc(-c5n[nH]nc5CO)nc4)cc3C[C@@H]12. The Labute approximate surface area is 177 Å². The number of amides is 2. The average Bonchev–Trinajstić information content (AvgIpc) is 3.47. The highest BCUT2D eigenvalue weighted by molar-refractivity contribution is 5.94. The third kappa shape index (κ3) is 3.30. The summed E-state index contributed by atoms with van der Waals surface area (Å²) in [6.45, 7) is 1.52. The normalized spacial score (nSPS) is 19.2. The highest BCUT2D eigenvalue weighted by Crippen LogP contribution is 2.40. The lowest BCUT2D eigenvalue weighted by Gasteiger charge is -2.16. The molecular weight excluding hydrogens is 400 g/mol. The molecule has 0 unspecified atom stereocenters. The molecule has 1 saturated heterocycles. The van der Waals surface area contributed by atoms with Gasteiger partial charge in [-0.3, -0.25) is 14.7 Å². The van der Waals surface area contributed by atoms with Gasteiger partial charge in [0.15, 0.2) is 0 Å². The number of nitrogens with zero attached hydrogens (tertiary/aromatic N) is 4. The van der Waals surface area contributed by atoms with E-state index in [-0.39, 0.29) is 30.8 Å². The van der Waals surface area contributed by atoms with E-state index < -0.39 is 0 Å². The van der Waals surface area contributed by atoms with Crippen LogP contribution in [0.2, 0.25) is 0 Å². The fourth-order valence-electron chi connectivity index (χ4n) is 4.15. The quantitative estimate of drug-likeness (QED) is 0.568. The Morgan fingerprint density at radius 2 is 2.13 bits per heavy atom. The van der Waals surface area contributed by atoms with Crippen LogP contribution in [0, 0.1) is 0 Å². The van der Waals surface area contributed by atoms with E-state index in [1.54, 1.807) is 11.1 Å². The van der Waals surface area contributed by atoms with Crippen LogP contribution in [-0.4, -0.2) is 56.2 Å². The number of hydrogen-bond acceptors (Lipinski definition) is 7. The van der Waals surface area contributed by atoms with Crippen LogP contribution in [0.25, 0.3) is 22.5 Å². The number of nitrogens with one attached hydrogen (secondary N) is 2. The molecule has 2 aromatic heterocycles. The molecule has 1 aromatic carbocycles. The van der Waals surface area contributed by atoms with E-state index in [2.05, 4.69) is 31.8 Å². The van der Waals surface area contributed by atoms with Gasteiger partial charge in [-0.15, -0.1) is 0 Å². The molecule has 0 aliphatic carbocycles. The average molecular weight is 420 g/mol. The zero-order valence-electron chi connectivity index (χ0n) is 16.7. The van der Waals surface area contributed by atoms with Crippen molar-refractivity contribution in [3.8, 4) is 22.5 Å². The second-order valence-electron chi connectivity index (χ2n) is 7.55. The molecule has 0 bridgehead atoms. The first kappa shape index (κ1) is 19.2. The lowest BCUT2D eigenvalue weighted by Crippen LogP contribution is -2.40. The molecule has 0 spiro atoms. The molecule has 10 heteroatoms. The molecule has 10 nitrogen and oxygen atoms in total. The number of carbonyl (C=O) groups is 2.